The lowest BCUT2D eigenvalue weighted by Crippen LogP contribution is -2.43. The molecule has 9 aliphatic rings. The summed E-state index contributed by atoms with van der Waals surface area (Å²) in [7, 11) is 0. The van der Waals surface area contributed by atoms with E-state index in [2.05, 4.69) is 0 Å². The fraction of sp³-hybridized carbons (Fsp3) is 0.912. The summed E-state index contributed by atoms with van der Waals surface area (Å²) in [5.41, 5.74) is -0.735. The van der Waals surface area contributed by atoms with Crippen LogP contribution in [0.2, 0.25) is 0 Å². The lowest BCUT2D eigenvalue weighted by Gasteiger charge is -2.41. The van der Waals surface area contributed by atoms with Crippen LogP contribution in [0.5, 0.6) is 0 Å². The predicted octanol–water partition coefficient (Wildman–Crippen LogP) is 4.95. The molecule has 0 aromatic carbocycles. The van der Waals surface area contributed by atoms with Gasteiger partial charge in [0.05, 0.1) is 29.5 Å². The minimum atomic E-state index is -0.735. The van der Waals surface area contributed by atoms with Crippen molar-refractivity contribution >= 4 is 17.9 Å². The minimum absolute atomic E-state index is 0.0333. The molecule has 9 fully saturated rings. The number of carbonyl (C=O) groups excluding carboxylic acids is 2. The largest absolute Gasteiger partial charge is 0.481 e. The van der Waals surface area contributed by atoms with Crippen LogP contribution in [0.15, 0.2) is 0 Å². The highest BCUT2D eigenvalue weighted by Crippen LogP contribution is 2.72. The average Bonchev–Trinajstić information content (AvgIpc) is 3.68. The summed E-state index contributed by atoms with van der Waals surface area (Å²) in [6, 6.07) is 0. The van der Waals surface area contributed by atoms with E-state index in [9.17, 15) is 19.5 Å². The molecule has 8 aliphatic carbocycles. The Labute approximate surface area is 242 Å². The first-order valence-corrected chi connectivity index (χ1v) is 17.0. The maximum Gasteiger partial charge on any atom is 0.312 e. The summed E-state index contributed by atoms with van der Waals surface area (Å²) in [5, 5.41) is 9.77. The normalized spacial score (nSPS) is 55.8. The molecule has 9 rings (SSSR count). The van der Waals surface area contributed by atoms with Gasteiger partial charge in [0.15, 0.2) is 0 Å². The summed E-state index contributed by atoms with van der Waals surface area (Å²) in [6.45, 7) is 5.89. The number of carbonyl (C=O) groups is 3. The van der Waals surface area contributed by atoms with Crippen LogP contribution in [0.4, 0.5) is 0 Å². The fourth-order valence-electron chi connectivity index (χ4n) is 13.6. The summed E-state index contributed by atoms with van der Waals surface area (Å²) in [4.78, 5) is 39.0. The van der Waals surface area contributed by atoms with E-state index in [-0.39, 0.29) is 41.9 Å². The van der Waals surface area contributed by atoms with Crippen LogP contribution in [-0.4, -0.2) is 47.4 Å². The lowest BCUT2D eigenvalue weighted by atomic mass is 9.66. The van der Waals surface area contributed by atoms with Crippen LogP contribution in [0.1, 0.15) is 78.6 Å². The Bertz CT molecular complexity index is 1180. The molecule has 19 atom stereocenters. The second-order valence-corrected chi connectivity index (χ2v) is 16.5. The number of hydrogen-bond acceptors (Lipinski definition) is 6. The first kappa shape index (κ1) is 25.8. The summed E-state index contributed by atoms with van der Waals surface area (Å²) in [5.74, 6) is 5.31. The molecule has 0 aromatic heterocycles. The minimum Gasteiger partial charge on any atom is -0.481 e. The SMILES string of the molecule is CCC(C)(CC(C)C(=O)OC1CC2CC1C1C3CC(C4OC34)C21)C(=O)OC1CC2CC1C1C3CC(CC3C(=O)O)C21. The molecule has 224 valence electrons. The molecule has 0 radical (unpaired) electrons. The van der Waals surface area contributed by atoms with Crippen molar-refractivity contribution in [2.45, 2.75) is 103 Å². The molecule has 1 heterocycles. The molecule has 1 N–H and O–H groups in total. The van der Waals surface area contributed by atoms with Crippen molar-refractivity contribution in [3.05, 3.63) is 0 Å². The monoisotopic (exact) mass is 566 g/mol. The summed E-state index contributed by atoms with van der Waals surface area (Å²) < 4.78 is 18.5. The third-order valence-corrected chi connectivity index (χ3v) is 15.0. The number of carboxylic acid groups (broad SMARTS) is 1. The quantitative estimate of drug-likeness (QED) is 0.252. The Morgan fingerprint density at radius 1 is 0.780 bits per heavy atom. The number of epoxide rings is 1. The van der Waals surface area contributed by atoms with Gasteiger partial charge in [0.1, 0.15) is 12.2 Å². The fourth-order valence-corrected chi connectivity index (χ4v) is 13.6. The van der Waals surface area contributed by atoms with Gasteiger partial charge in [-0.25, -0.2) is 0 Å². The molecule has 8 saturated carbocycles. The molecule has 8 bridgehead atoms. The highest BCUT2D eigenvalue weighted by molar-refractivity contribution is 5.79. The molecule has 0 spiro atoms. The van der Waals surface area contributed by atoms with Crippen LogP contribution in [0, 0.1) is 88.3 Å². The van der Waals surface area contributed by atoms with Crippen LogP contribution in [0.25, 0.3) is 0 Å². The van der Waals surface area contributed by atoms with Crippen molar-refractivity contribution in [2.75, 3.05) is 0 Å². The van der Waals surface area contributed by atoms with Gasteiger partial charge < -0.3 is 19.3 Å². The highest BCUT2D eigenvalue weighted by atomic mass is 16.6. The first-order valence-electron chi connectivity index (χ1n) is 17.0. The van der Waals surface area contributed by atoms with Crippen molar-refractivity contribution in [2.24, 2.45) is 88.3 Å². The van der Waals surface area contributed by atoms with Gasteiger partial charge in [-0.15, -0.1) is 0 Å². The lowest BCUT2D eigenvalue weighted by molar-refractivity contribution is -0.170. The molecule has 19 unspecified atom stereocenters. The number of rotatable bonds is 8. The van der Waals surface area contributed by atoms with Gasteiger partial charge in [0, 0.05) is 0 Å². The van der Waals surface area contributed by atoms with Gasteiger partial charge in [-0.1, -0.05) is 13.8 Å². The van der Waals surface area contributed by atoms with Crippen LogP contribution in [0.3, 0.4) is 0 Å². The molecule has 1 aliphatic heterocycles. The third-order valence-electron chi connectivity index (χ3n) is 15.0. The zero-order valence-electron chi connectivity index (χ0n) is 24.7. The maximum atomic E-state index is 13.7. The molecule has 7 heteroatoms. The number of carboxylic acids is 1. The third kappa shape index (κ3) is 3.39. The molecule has 0 amide bonds. The Morgan fingerprint density at radius 3 is 2.05 bits per heavy atom. The van der Waals surface area contributed by atoms with E-state index in [4.69, 9.17) is 14.2 Å². The van der Waals surface area contributed by atoms with Crippen molar-refractivity contribution in [1.29, 1.82) is 0 Å². The molecular weight excluding hydrogens is 520 g/mol. The maximum absolute atomic E-state index is 13.7. The van der Waals surface area contributed by atoms with E-state index < -0.39 is 11.4 Å². The Kier molecular flexibility index (Phi) is 5.36. The summed E-state index contributed by atoms with van der Waals surface area (Å²) >= 11 is 0. The van der Waals surface area contributed by atoms with Gasteiger partial charge in [0.2, 0.25) is 0 Å². The summed E-state index contributed by atoms with van der Waals surface area (Å²) in [6.07, 6.45) is 9.48. The van der Waals surface area contributed by atoms with Crippen LogP contribution in [-0.2, 0) is 28.6 Å². The average molecular weight is 567 g/mol. The van der Waals surface area contributed by atoms with E-state index in [1.807, 2.05) is 20.8 Å². The smallest absolute Gasteiger partial charge is 0.312 e. The molecule has 7 nitrogen and oxygen atoms in total. The van der Waals surface area contributed by atoms with Crippen LogP contribution < -0.4 is 0 Å². The van der Waals surface area contributed by atoms with Crippen molar-refractivity contribution in [3.8, 4) is 0 Å². The van der Waals surface area contributed by atoms with Gasteiger partial charge in [-0.3, -0.25) is 14.4 Å². The van der Waals surface area contributed by atoms with Gasteiger partial charge in [-0.05, 0) is 136 Å². The zero-order chi connectivity index (χ0) is 28.1. The van der Waals surface area contributed by atoms with E-state index in [1.165, 1.54) is 12.8 Å². The Balaban J connectivity index is 0.827. The van der Waals surface area contributed by atoms with Gasteiger partial charge >= 0.3 is 17.9 Å². The number of ether oxygens (including phenoxy) is 3. The van der Waals surface area contributed by atoms with Crippen molar-refractivity contribution in [1.82, 2.24) is 0 Å². The Morgan fingerprint density at radius 2 is 1.37 bits per heavy atom. The number of aliphatic carboxylic acids is 1. The van der Waals surface area contributed by atoms with Crippen molar-refractivity contribution < 1.29 is 33.7 Å². The number of fused-ring (bicyclic) bond motifs is 21. The molecule has 1 saturated heterocycles. The topological polar surface area (TPSA) is 102 Å². The first-order chi connectivity index (χ1) is 19.7. The van der Waals surface area contributed by atoms with E-state index >= 15 is 0 Å². The standard InChI is InChI=1S/C34H46O7/c1-4-34(3,33(38)40-24-9-15-7-20(24)27-17-5-14(25(15)27)6-18(17)31(35)36)12-13(2)32(37)39-23-10-16-8-19(23)28-22-11-21(26(16)28)29-30(22)41-29/h13-30H,4-12H2,1-3H3,(H,35,36). The van der Waals surface area contributed by atoms with E-state index in [0.29, 0.717) is 78.3 Å². The van der Waals surface area contributed by atoms with E-state index in [0.717, 1.165) is 43.9 Å². The highest BCUT2D eigenvalue weighted by Gasteiger charge is 2.74. The second-order valence-electron chi connectivity index (χ2n) is 16.5. The zero-order valence-corrected chi connectivity index (χ0v) is 24.7. The van der Waals surface area contributed by atoms with Crippen LogP contribution >= 0.6 is 0 Å². The number of esters is 2. The molecule has 0 aromatic rings. The van der Waals surface area contributed by atoms with Gasteiger partial charge in [-0.2, -0.15) is 0 Å². The second kappa shape index (κ2) is 8.51. The predicted molar refractivity (Wildman–Crippen MR) is 146 cm³/mol. The Hall–Kier alpha value is -1.63. The molecular formula is C34H46O7. The van der Waals surface area contributed by atoms with Crippen molar-refractivity contribution in [3.63, 3.8) is 0 Å². The molecule has 41 heavy (non-hydrogen) atoms. The van der Waals surface area contributed by atoms with Gasteiger partial charge in [0.25, 0.3) is 0 Å². The van der Waals surface area contributed by atoms with E-state index in [1.54, 1.807) is 0 Å². The number of hydrogen-bond donors (Lipinski definition) is 1.